The van der Waals surface area contributed by atoms with Gasteiger partial charge in [0, 0.05) is 25.5 Å². The molecule has 74 valence electrons. The van der Waals surface area contributed by atoms with Gasteiger partial charge in [0.25, 0.3) is 0 Å². The largest absolute Gasteiger partial charge is 0.381 e. The van der Waals surface area contributed by atoms with E-state index in [4.69, 9.17) is 4.74 Å². The predicted octanol–water partition coefficient (Wildman–Crippen LogP) is 1.40. The van der Waals surface area contributed by atoms with Crippen molar-refractivity contribution in [3.8, 4) is 0 Å². The number of aryl methyl sites for hydroxylation is 1. The third kappa shape index (κ3) is 1.65. The fraction of sp³-hybridized carbons (Fsp3) is 0.500. The molecule has 1 aromatic rings. The third-order valence-corrected chi connectivity index (χ3v) is 2.71. The predicted molar refractivity (Wildman–Crippen MR) is 51.3 cm³/mol. The van der Waals surface area contributed by atoms with Crippen LogP contribution in [0.2, 0.25) is 0 Å². The second kappa shape index (κ2) is 3.84. The Hall–Kier alpha value is -1.29. The number of aromatic nitrogens is 1. The molecule has 4 heteroatoms. The third-order valence-electron chi connectivity index (χ3n) is 2.71. The first-order valence-corrected chi connectivity index (χ1v) is 4.73. The van der Waals surface area contributed by atoms with Gasteiger partial charge < -0.3 is 4.74 Å². The van der Waals surface area contributed by atoms with Crippen molar-refractivity contribution in [1.82, 2.24) is 0 Å². The molecule has 0 radical (unpaired) electrons. The zero-order valence-electron chi connectivity index (χ0n) is 8.12. The lowest BCUT2D eigenvalue weighted by molar-refractivity contribution is -0.391. The highest BCUT2D eigenvalue weighted by molar-refractivity contribution is 5.37. The number of aromatic amines is 1. The molecule has 2 rings (SSSR count). The molecule has 1 aliphatic carbocycles. The van der Waals surface area contributed by atoms with Crippen LogP contribution in [0, 0.1) is 4.91 Å². The van der Waals surface area contributed by atoms with Gasteiger partial charge in [-0.05, 0) is 17.7 Å². The lowest BCUT2D eigenvalue weighted by Crippen LogP contribution is -2.26. The fourth-order valence-corrected chi connectivity index (χ4v) is 1.88. The first kappa shape index (κ1) is 9.27. The number of ether oxygens (including phenoxy) is 1. The van der Waals surface area contributed by atoms with Crippen molar-refractivity contribution >= 4 is 5.69 Å². The molecular weight excluding hydrogens is 180 g/mol. The molecule has 0 aliphatic heterocycles. The van der Waals surface area contributed by atoms with Crippen LogP contribution in [0.25, 0.3) is 0 Å². The van der Waals surface area contributed by atoms with Crippen LogP contribution in [0.15, 0.2) is 17.4 Å². The zero-order chi connectivity index (χ0) is 9.97. The van der Waals surface area contributed by atoms with Crippen molar-refractivity contribution < 1.29 is 9.72 Å². The van der Waals surface area contributed by atoms with Crippen LogP contribution in [-0.2, 0) is 17.6 Å². The molecule has 0 spiro atoms. The first-order chi connectivity index (χ1) is 6.83. The van der Waals surface area contributed by atoms with Crippen molar-refractivity contribution in [2.24, 2.45) is 5.18 Å². The van der Waals surface area contributed by atoms with Crippen molar-refractivity contribution in [1.29, 1.82) is 0 Å². The van der Waals surface area contributed by atoms with Crippen molar-refractivity contribution in [3.05, 3.63) is 28.4 Å². The fourth-order valence-electron chi connectivity index (χ4n) is 1.88. The maximum Gasteiger partial charge on any atom is 0.196 e. The van der Waals surface area contributed by atoms with E-state index in [0.29, 0.717) is 5.69 Å². The molecule has 0 amide bonds. The van der Waals surface area contributed by atoms with Gasteiger partial charge in [0.2, 0.25) is 0 Å². The molecule has 0 saturated carbocycles. The number of nitroso groups, excluding NO2 is 1. The summed E-state index contributed by atoms with van der Waals surface area (Å²) >= 11 is 0. The van der Waals surface area contributed by atoms with Gasteiger partial charge in [-0.15, -0.1) is 4.91 Å². The van der Waals surface area contributed by atoms with E-state index in [0.717, 1.165) is 24.8 Å². The van der Waals surface area contributed by atoms with Crippen LogP contribution in [0.3, 0.4) is 0 Å². The van der Waals surface area contributed by atoms with E-state index >= 15 is 0 Å². The number of hydrogen-bond acceptors (Lipinski definition) is 3. The summed E-state index contributed by atoms with van der Waals surface area (Å²) in [5.74, 6) is 0. The van der Waals surface area contributed by atoms with Gasteiger partial charge in [-0.2, -0.15) is 0 Å². The lowest BCUT2D eigenvalue weighted by atomic mass is 9.93. The maximum atomic E-state index is 10.3. The molecular formula is C10H13N2O2+. The molecule has 4 nitrogen and oxygen atoms in total. The summed E-state index contributed by atoms with van der Waals surface area (Å²) in [5, 5.41) is 2.91. The highest BCUT2D eigenvalue weighted by Crippen LogP contribution is 2.22. The van der Waals surface area contributed by atoms with Crippen LogP contribution in [0.5, 0.6) is 0 Å². The molecule has 14 heavy (non-hydrogen) atoms. The highest BCUT2D eigenvalue weighted by Gasteiger charge is 2.23. The van der Waals surface area contributed by atoms with Crippen molar-refractivity contribution in [2.45, 2.75) is 25.4 Å². The molecule has 0 saturated heterocycles. The Bertz CT molecular complexity index is 352. The molecule has 1 aromatic heterocycles. The van der Waals surface area contributed by atoms with Gasteiger partial charge in [-0.1, -0.05) is 0 Å². The van der Waals surface area contributed by atoms with Gasteiger partial charge in [0.05, 0.1) is 6.10 Å². The summed E-state index contributed by atoms with van der Waals surface area (Å²) in [7, 11) is 1.72. The topological polar surface area (TPSA) is 52.8 Å². The number of H-pyrrole nitrogens is 1. The van der Waals surface area contributed by atoms with Crippen LogP contribution in [-0.4, -0.2) is 13.2 Å². The van der Waals surface area contributed by atoms with Crippen LogP contribution < -0.4 is 4.98 Å². The van der Waals surface area contributed by atoms with Gasteiger partial charge in [0.15, 0.2) is 17.6 Å². The Morgan fingerprint density at radius 1 is 1.64 bits per heavy atom. The van der Waals surface area contributed by atoms with Crippen LogP contribution >= 0.6 is 0 Å². The number of rotatable bonds is 2. The van der Waals surface area contributed by atoms with Gasteiger partial charge >= 0.3 is 0 Å². The van der Waals surface area contributed by atoms with E-state index < -0.39 is 0 Å². The minimum Gasteiger partial charge on any atom is -0.381 e. The summed E-state index contributed by atoms with van der Waals surface area (Å²) in [6.45, 7) is 0. The number of hydrogen-bond donors (Lipinski definition) is 0. The molecule has 1 aliphatic rings. The monoisotopic (exact) mass is 193 g/mol. The van der Waals surface area contributed by atoms with E-state index in [9.17, 15) is 4.91 Å². The maximum absolute atomic E-state index is 10.3. The number of methoxy groups -OCH3 is 1. The summed E-state index contributed by atoms with van der Waals surface area (Å²) < 4.78 is 5.30. The number of pyridine rings is 1. The minimum absolute atomic E-state index is 0.276. The molecule has 0 fully saturated rings. The smallest absolute Gasteiger partial charge is 0.196 e. The van der Waals surface area contributed by atoms with Crippen LogP contribution in [0.4, 0.5) is 5.69 Å². The Balaban J connectivity index is 2.29. The van der Waals surface area contributed by atoms with E-state index in [2.05, 4.69) is 10.2 Å². The van der Waals surface area contributed by atoms with Crippen molar-refractivity contribution in [2.75, 3.05) is 7.11 Å². The van der Waals surface area contributed by atoms with E-state index in [1.54, 1.807) is 13.3 Å². The van der Waals surface area contributed by atoms with Crippen LogP contribution in [0.1, 0.15) is 17.7 Å². The summed E-state index contributed by atoms with van der Waals surface area (Å²) in [6, 6.07) is 1.84. The average molecular weight is 193 g/mol. The van der Waals surface area contributed by atoms with Gasteiger partial charge in [-0.25, -0.2) is 4.98 Å². The second-order valence-electron chi connectivity index (χ2n) is 3.55. The number of fused-ring (bicyclic) bond motifs is 1. The second-order valence-corrected chi connectivity index (χ2v) is 3.55. The Morgan fingerprint density at radius 3 is 3.21 bits per heavy atom. The minimum atomic E-state index is 0.276. The number of nitrogens with one attached hydrogen (secondary N) is 1. The lowest BCUT2D eigenvalue weighted by Gasteiger charge is -2.19. The van der Waals surface area contributed by atoms with E-state index in [-0.39, 0.29) is 6.10 Å². The van der Waals surface area contributed by atoms with Gasteiger partial charge in [0.1, 0.15) is 0 Å². The number of nitrogens with zero attached hydrogens (tertiary/aromatic N) is 1. The molecule has 1 atom stereocenters. The zero-order valence-corrected chi connectivity index (χ0v) is 8.12. The normalized spacial score (nSPS) is 20.2. The summed E-state index contributed by atoms with van der Waals surface area (Å²) in [4.78, 5) is 13.4. The molecule has 0 aromatic carbocycles. The Morgan fingerprint density at radius 2 is 2.50 bits per heavy atom. The van der Waals surface area contributed by atoms with E-state index in [1.807, 2.05) is 6.07 Å². The molecule has 1 heterocycles. The highest BCUT2D eigenvalue weighted by atomic mass is 16.5. The van der Waals surface area contributed by atoms with Crippen molar-refractivity contribution in [3.63, 3.8) is 0 Å². The molecule has 1 unspecified atom stereocenters. The average Bonchev–Trinajstić information content (AvgIpc) is 2.27. The molecule has 0 bridgehead atoms. The SMILES string of the molecule is COC1CCc2[nH+]cc(N=O)cc2C1. The first-order valence-electron chi connectivity index (χ1n) is 4.73. The molecule has 1 N–H and O–H groups in total. The summed E-state index contributed by atoms with van der Waals surface area (Å²) in [6.07, 6.45) is 4.81. The Kier molecular flexibility index (Phi) is 2.54. The standard InChI is InChI=1S/C10H12N2O2/c1-14-9-2-3-10-7(5-9)4-8(12-13)6-11-10/h4,6,9H,2-3,5H2,1H3/p+1. The van der Waals surface area contributed by atoms with E-state index in [1.165, 1.54) is 5.69 Å². The summed E-state index contributed by atoms with van der Waals surface area (Å²) in [5.41, 5.74) is 2.81. The van der Waals surface area contributed by atoms with Gasteiger partial charge in [-0.3, -0.25) is 0 Å². The quantitative estimate of drug-likeness (QED) is 0.666. The Labute approximate surface area is 82.3 Å².